The maximum atomic E-state index is 4.42. The van der Waals surface area contributed by atoms with Crippen molar-refractivity contribution in [3.05, 3.63) is 11.9 Å². The van der Waals surface area contributed by atoms with Crippen molar-refractivity contribution in [1.29, 1.82) is 0 Å². The van der Waals surface area contributed by atoms with Crippen LogP contribution < -0.4 is 10.2 Å². The van der Waals surface area contributed by atoms with Gasteiger partial charge in [-0.25, -0.2) is 9.97 Å². The van der Waals surface area contributed by atoms with Gasteiger partial charge in [0.15, 0.2) is 0 Å². The van der Waals surface area contributed by atoms with Crippen LogP contribution in [-0.2, 0) is 6.42 Å². The molecule has 0 aliphatic heterocycles. The van der Waals surface area contributed by atoms with Crippen molar-refractivity contribution in [2.24, 2.45) is 5.41 Å². The first-order valence-corrected chi connectivity index (χ1v) is 6.11. The number of nitrogens with one attached hydrogen (secondary N) is 1. The molecule has 0 radical (unpaired) electrons. The van der Waals surface area contributed by atoms with Crippen LogP contribution in [0.3, 0.4) is 0 Å². The van der Waals surface area contributed by atoms with E-state index in [2.05, 4.69) is 54.9 Å². The van der Waals surface area contributed by atoms with Gasteiger partial charge in [0.2, 0.25) is 0 Å². The summed E-state index contributed by atoms with van der Waals surface area (Å²) in [6, 6.07) is 0. The molecule has 0 bridgehead atoms. The predicted octanol–water partition coefficient (Wildman–Crippen LogP) is 2.56. The van der Waals surface area contributed by atoms with E-state index in [4.69, 9.17) is 0 Å². The van der Waals surface area contributed by atoms with Crippen molar-refractivity contribution >= 4 is 11.6 Å². The lowest BCUT2D eigenvalue weighted by Crippen LogP contribution is -2.30. The number of nitrogens with zero attached hydrogens (tertiary/aromatic N) is 3. The maximum Gasteiger partial charge on any atom is 0.137 e. The number of hydrogen-bond acceptors (Lipinski definition) is 4. The molecule has 0 saturated carbocycles. The minimum absolute atomic E-state index is 0.254. The van der Waals surface area contributed by atoms with Gasteiger partial charge in [-0.3, -0.25) is 0 Å². The Hall–Kier alpha value is -1.32. The van der Waals surface area contributed by atoms with Crippen LogP contribution in [0.25, 0.3) is 0 Å². The quantitative estimate of drug-likeness (QED) is 0.872. The standard InChI is InChI=1S/C13H24N4/c1-7-10-11(14-5)15-9-16-12(10)17(6)8-13(2,3)4/h9H,7-8H2,1-6H3,(H,14,15,16). The monoisotopic (exact) mass is 236 g/mol. The van der Waals surface area contributed by atoms with Crippen LogP contribution in [0.15, 0.2) is 6.33 Å². The van der Waals surface area contributed by atoms with E-state index >= 15 is 0 Å². The van der Waals surface area contributed by atoms with Crippen molar-refractivity contribution in [3.8, 4) is 0 Å². The van der Waals surface area contributed by atoms with Crippen LogP contribution in [0, 0.1) is 5.41 Å². The first-order valence-electron chi connectivity index (χ1n) is 6.11. The van der Waals surface area contributed by atoms with Gasteiger partial charge in [0.05, 0.1) is 0 Å². The molecule has 1 rings (SSSR count). The molecule has 1 N–H and O–H groups in total. The summed E-state index contributed by atoms with van der Waals surface area (Å²) in [4.78, 5) is 10.9. The molecule has 17 heavy (non-hydrogen) atoms. The van der Waals surface area contributed by atoms with Crippen LogP contribution in [-0.4, -0.2) is 30.6 Å². The Balaban J connectivity index is 3.04. The van der Waals surface area contributed by atoms with E-state index in [-0.39, 0.29) is 5.41 Å². The van der Waals surface area contributed by atoms with Gasteiger partial charge in [-0.1, -0.05) is 27.7 Å². The summed E-state index contributed by atoms with van der Waals surface area (Å²) in [5.74, 6) is 1.96. The Kier molecular flexibility index (Phi) is 4.32. The highest BCUT2D eigenvalue weighted by Crippen LogP contribution is 2.25. The summed E-state index contributed by atoms with van der Waals surface area (Å²) >= 11 is 0. The molecule has 0 unspecified atom stereocenters. The average Bonchev–Trinajstić information content (AvgIpc) is 2.25. The summed E-state index contributed by atoms with van der Waals surface area (Å²) < 4.78 is 0. The van der Waals surface area contributed by atoms with Crippen molar-refractivity contribution in [2.45, 2.75) is 34.1 Å². The van der Waals surface area contributed by atoms with E-state index in [1.807, 2.05) is 7.05 Å². The molecule has 0 aliphatic rings. The second-order valence-electron chi connectivity index (χ2n) is 5.54. The topological polar surface area (TPSA) is 41.1 Å². The molecule has 1 aromatic rings. The fraction of sp³-hybridized carbons (Fsp3) is 0.692. The Morgan fingerprint density at radius 2 is 1.94 bits per heavy atom. The zero-order valence-electron chi connectivity index (χ0n) is 11.8. The Labute approximate surface area is 104 Å². The Morgan fingerprint density at radius 3 is 2.41 bits per heavy atom. The highest BCUT2D eigenvalue weighted by atomic mass is 15.2. The molecule has 0 spiro atoms. The van der Waals surface area contributed by atoms with Crippen molar-refractivity contribution in [2.75, 3.05) is 30.9 Å². The lowest BCUT2D eigenvalue weighted by atomic mass is 9.96. The first-order chi connectivity index (χ1) is 7.89. The molecule has 0 fully saturated rings. The first kappa shape index (κ1) is 13.7. The molecular formula is C13H24N4. The number of aromatic nitrogens is 2. The van der Waals surface area contributed by atoms with Gasteiger partial charge in [0.25, 0.3) is 0 Å². The van der Waals surface area contributed by atoms with Crippen molar-refractivity contribution in [3.63, 3.8) is 0 Å². The molecule has 1 heterocycles. The zero-order valence-corrected chi connectivity index (χ0v) is 11.8. The fourth-order valence-corrected chi connectivity index (χ4v) is 2.06. The predicted molar refractivity (Wildman–Crippen MR) is 73.7 cm³/mol. The van der Waals surface area contributed by atoms with Gasteiger partial charge in [-0.05, 0) is 11.8 Å². The number of hydrogen-bond donors (Lipinski definition) is 1. The Morgan fingerprint density at radius 1 is 1.29 bits per heavy atom. The highest BCUT2D eigenvalue weighted by Gasteiger charge is 2.18. The van der Waals surface area contributed by atoms with E-state index < -0.39 is 0 Å². The number of rotatable bonds is 4. The van der Waals surface area contributed by atoms with Crippen LogP contribution in [0.4, 0.5) is 11.6 Å². The largest absolute Gasteiger partial charge is 0.373 e. The summed E-state index contributed by atoms with van der Waals surface area (Å²) in [5, 5.41) is 3.13. The SMILES string of the molecule is CCc1c(NC)ncnc1N(C)CC(C)(C)C. The van der Waals surface area contributed by atoms with E-state index in [1.54, 1.807) is 6.33 Å². The van der Waals surface area contributed by atoms with Gasteiger partial charge < -0.3 is 10.2 Å². The van der Waals surface area contributed by atoms with Crippen LogP contribution in [0.1, 0.15) is 33.3 Å². The molecule has 0 aliphatic carbocycles. The molecule has 4 nitrogen and oxygen atoms in total. The molecule has 96 valence electrons. The third-order valence-electron chi connectivity index (χ3n) is 2.59. The van der Waals surface area contributed by atoms with Gasteiger partial charge in [-0.15, -0.1) is 0 Å². The average molecular weight is 236 g/mol. The second kappa shape index (κ2) is 5.34. The zero-order chi connectivity index (χ0) is 13.1. The third-order valence-corrected chi connectivity index (χ3v) is 2.59. The van der Waals surface area contributed by atoms with Gasteiger partial charge in [0, 0.05) is 26.2 Å². The summed E-state index contributed by atoms with van der Waals surface area (Å²) in [7, 11) is 3.99. The minimum atomic E-state index is 0.254. The minimum Gasteiger partial charge on any atom is -0.373 e. The summed E-state index contributed by atoms with van der Waals surface area (Å²) in [5.41, 5.74) is 1.44. The summed E-state index contributed by atoms with van der Waals surface area (Å²) in [6.07, 6.45) is 2.56. The van der Waals surface area contributed by atoms with Crippen LogP contribution in [0.2, 0.25) is 0 Å². The van der Waals surface area contributed by atoms with Crippen molar-refractivity contribution in [1.82, 2.24) is 9.97 Å². The van der Waals surface area contributed by atoms with Gasteiger partial charge >= 0.3 is 0 Å². The molecule has 0 atom stereocenters. The molecule has 0 saturated heterocycles. The molecule has 1 aromatic heterocycles. The third kappa shape index (κ3) is 3.58. The Bertz CT molecular complexity index is 368. The van der Waals surface area contributed by atoms with Crippen LogP contribution >= 0.6 is 0 Å². The molecule has 4 heteroatoms. The van der Waals surface area contributed by atoms with Crippen LogP contribution in [0.5, 0.6) is 0 Å². The van der Waals surface area contributed by atoms with E-state index in [9.17, 15) is 0 Å². The lowest BCUT2D eigenvalue weighted by molar-refractivity contribution is 0.417. The summed E-state index contributed by atoms with van der Waals surface area (Å²) in [6.45, 7) is 9.80. The van der Waals surface area contributed by atoms with Crippen molar-refractivity contribution < 1.29 is 0 Å². The highest BCUT2D eigenvalue weighted by molar-refractivity contribution is 5.58. The van der Waals surface area contributed by atoms with E-state index in [1.165, 1.54) is 5.56 Å². The number of anilines is 2. The normalized spacial score (nSPS) is 11.4. The van der Waals surface area contributed by atoms with E-state index in [0.717, 1.165) is 24.6 Å². The maximum absolute atomic E-state index is 4.42. The van der Waals surface area contributed by atoms with E-state index in [0.29, 0.717) is 0 Å². The second-order valence-corrected chi connectivity index (χ2v) is 5.54. The molecule has 0 aromatic carbocycles. The van der Waals surface area contributed by atoms with Gasteiger partial charge in [0.1, 0.15) is 18.0 Å². The molecular weight excluding hydrogens is 212 g/mol. The lowest BCUT2D eigenvalue weighted by Gasteiger charge is -2.29. The van der Waals surface area contributed by atoms with Gasteiger partial charge in [-0.2, -0.15) is 0 Å². The fourth-order valence-electron chi connectivity index (χ4n) is 2.06. The smallest absolute Gasteiger partial charge is 0.137 e. The molecule has 0 amide bonds.